The number of nitrogens with zero attached hydrogens (tertiary/aromatic N) is 3. The fourth-order valence-electron chi connectivity index (χ4n) is 11.8. The molecular formula is C73H52F3N3. The molecule has 380 valence electrons. The largest absolute Gasteiger partial charge is 0.416 e. The Labute approximate surface area is 457 Å². The molecule has 0 bridgehead atoms. The first-order valence-corrected chi connectivity index (χ1v) is 26.6. The van der Waals surface area contributed by atoms with Crippen molar-refractivity contribution in [3.05, 3.63) is 269 Å². The molecule has 6 heteroatoms. The molecule has 3 nitrogen and oxygen atoms in total. The van der Waals surface area contributed by atoms with Crippen molar-refractivity contribution in [2.24, 2.45) is 0 Å². The second kappa shape index (κ2) is 19.1. The van der Waals surface area contributed by atoms with Gasteiger partial charge < -0.3 is 9.13 Å². The zero-order valence-electron chi connectivity index (χ0n) is 44.3. The van der Waals surface area contributed by atoms with Crippen molar-refractivity contribution in [1.29, 1.82) is 0 Å². The Bertz CT molecular complexity index is 4470. The van der Waals surface area contributed by atoms with Gasteiger partial charge in [-0.2, -0.15) is 13.2 Å². The number of aromatic nitrogens is 2. The molecule has 0 unspecified atom stereocenters. The molecule has 0 N–H and O–H groups in total. The molecule has 0 saturated carbocycles. The molecule has 0 amide bonds. The van der Waals surface area contributed by atoms with Crippen LogP contribution in [0.5, 0.6) is 0 Å². The molecule has 0 aliphatic rings. The number of halogens is 3. The third-order valence-electron chi connectivity index (χ3n) is 15.6. The summed E-state index contributed by atoms with van der Waals surface area (Å²) >= 11 is 0. The lowest BCUT2D eigenvalue weighted by atomic mass is 9.94. The van der Waals surface area contributed by atoms with E-state index in [1.807, 2.05) is 42.5 Å². The summed E-state index contributed by atoms with van der Waals surface area (Å²) in [5.41, 5.74) is 21.9. The Morgan fingerprint density at radius 2 is 0.684 bits per heavy atom. The van der Waals surface area contributed by atoms with E-state index in [0.717, 1.165) is 122 Å². The fourth-order valence-corrected chi connectivity index (χ4v) is 11.8. The minimum Gasteiger partial charge on any atom is -0.309 e. The predicted molar refractivity (Wildman–Crippen MR) is 323 cm³/mol. The van der Waals surface area contributed by atoms with Crippen LogP contribution in [-0.2, 0) is 6.18 Å². The molecule has 0 fully saturated rings. The van der Waals surface area contributed by atoms with Crippen LogP contribution in [0.4, 0.5) is 18.9 Å². The van der Waals surface area contributed by atoms with Crippen molar-refractivity contribution in [3.63, 3.8) is 0 Å². The molecule has 0 aliphatic carbocycles. The molecule has 2 aromatic heterocycles. The maximum absolute atomic E-state index is 14.6. The second-order valence-corrected chi connectivity index (χ2v) is 21.2. The van der Waals surface area contributed by atoms with Crippen LogP contribution < -0.4 is 0 Å². The lowest BCUT2D eigenvalue weighted by molar-refractivity contribution is -0.137. The monoisotopic (exact) mass is 1030 g/mol. The van der Waals surface area contributed by atoms with Crippen LogP contribution in [0.1, 0.15) is 33.4 Å². The Morgan fingerprint density at radius 3 is 1.08 bits per heavy atom. The number of hydrogen-bond acceptors (Lipinski definition) is 0. The van der Waals surface area contributed by atoms with E-state index in [-0.39, 0.29) is 0 Å². The summed E-state index contributed by atoms with van der Waals surface area (Å²) in [6.07, 6.45) is -4.54. The second-order valence-electron chi connectivity index (χ2n) is 21.2. The van der Waals surface area contributed by atoms with Crippen molar-refractivity contribution in [2.45, 2.75) is 40.8 Å². The van der Waals surface area contributed by atoms with Gasteiger partial charge >= 0.3 is 6.18 Å². The highest BCUT2D eigenvalue weighted by Crippen LogP contribution is 2.46. The summed E-state index contributed by atoms with van der Waals surface area (Å²) in [7, 11) is 0. The van der Waals surface area contributed by atoms with Crippen molar-refractivity contribution >= 4 is 49.3 Å². The van der Waals surface area contributed by atoms with Gasteiger partial charge in [0.1, 0.15) is 0 Å². The zero-order chi connectivity index (χ0) is 54.3. The van der Waals surface area contributed by atoms with Gasteiger partial charge in [0.2, 0.25) is 0 Å². The molecule has 2 heterocycles. The molecule has 0 radical (unpaired) electrons. The molecule has 0 saturated heterocycles. The predicted octanol–water partition coefficient (Wildman–Crippen LogP) is 21.0. The quantitative estimate of drug-likeness (QED) is 0.135. The number of fused-ring (bicyclic) bond motifs is 6. The van der Waals surface area contributed by atoms with Crippen LogP contribution in [0, 0.1) is 41.2 Å². The molecule has 0 atom stereocenters. The van der Waals surface area contributed by atoms with Crippen LogP contribution in [0.15, 0.2) is 224 Å². The van der Waals surface area contributed by atoms with Crippen molar-refractivity contribution < 1.29 is 13.2 Å². The maximum atomic E-state index is 14.6. The fraction of sp³-hybridized carbons (Fsp3) is 0.0822. The van der Waals surface area contributed by atoms with Crippen LogP contribution in [0.25, 0.3) is 127 Å². The number of rotatable bonds is 8. The average Bonchev–Trinajstić information content (AvgIpc) is 4.20. The van der Waals surface area contributed by atoms with Gasteiger partial charge in [0.05, 0.1) is 45.6 Å². The first-order valence-electron chi connectivity index (χ1n) is 26.6. The lowest BCUT2D eigenvalue weighted by Crippen LogP contribution is -2.05. The third kappa shape index (κ3) is 8.84. The van der Waals surface area contributed by atoms with Gasteiger partial charge in [-0.3, -0.25) is 0 Å². The van der Waals surface area contributed by atoms with E-state index in [0.29, 0.717) is 22.4 Å². The summed E-state index contributed by atoms with van der Waals surface area (Å²) in [5, 5.41) is 4.22. The van der Waals surface area contributed by atoms with Gasteiger partial charge in [0.25, 0.3) is 0 Å². The van der Waals surface area contributed by atoms with E-state index in [2.05, 4.69) is 212 Å². The minimum absolute atomic E-state index is 0.454. The molecular weight excluding hydrogens is 976 g/mol. The van der Waals surface area contributed by atoms with Crippen molar-refractivity contribution in [3.8, 4) is 78.1 Å². The van der Waals surface area contributed by atoms with E-state index in [4.69, 9.17) is 6.57 Å². The SMILES string of the molecule is [C-]#[N+]c1ccc(-n2c3ccc(-c4cccc(C)c4)cc3c3cc(-c4cccc(C)c4)ccc32)c(-c2ccc(-c3cc(C)cc(C(F)(F)F)c3)cc2-n2c3ccc(-c4cccc(C)c4)cc3c3cc(-c4cccc(C)c4)ccc32)c1. The van der Waals surface area contributed by atoms with Crippen LogP contribution in [0.2, 0.25) is 0 Å². The molecule has 13 aromatic rings. The Morgan fingerprint density at radius 1 is 0.316 bits per heavy atom. The summed E-state index contributed by atoms with van der Waals surface area (Å²) in [6.45, 7) is 18.6. The highest BCUT2D eigenvalue weighted by Gasteiger charge is 2.31. The van der Waals surface area contributed by atoms with Gasteiger partial charge in [-0.15, -0.1) is 0 Å². The summed E-state index contributed by atoms with van der Waals surface area (Å²) in [6, 6.07) is 76.9. The summed E-state index contributed by atoms with van der Waals surface area (Å²) in [5.74, 6) is 0. The number of benzene rings is 11. The average molecular weight is 1030 g/mol. The lowest BCUT2D eigenvalue weighted by Gasteiger charge is -2.21. The minimum atomic E-state index is -4.54. The van der Waals surface area contributed by atoms with E-state index in [1.54, 1.807) is 6.92 Å². The Hall–Kier alpha value is -9.70. The van der Waals surface area contributed by atoms with Crippen LogP contribution in [-0.4, -0.2) is 9.13 Å². The highest BCUT2D eigenvalue weighted by molar-refractivity contribution is 6.14. The topological polar surface area (TPSA) is 14.2 Å². The molecule has 13 rings (SSSR count). The smallest absolute Gasteiger partial charge is 0.309 e. The highest BCUT2D eigenvalue weighted by atomic mass is 19.4. The molecule has 0 aliphatic heterocycles. The van der Waals surface area contributed by atoms with Gasteiger partial charge in [0.15, 0.2) is 5.69 Å². The van der Waals surface area contributed by atoms with Gasteiger partial charge in [0, 0.05) is 27.1 Å². The number of alkyl halides is 3. The molecule has 11 aromatic carbocycles. The Balaban J connectivity index is 1.12. The third-order valence-corrected chi connectivity index (χ3v) is 15.6. The summed E-state index contributed by atoms with van der Waals surface area (Å²) in [4.78, 5) is 4.02. The van der Waals surface area contributed by atoms with Crippen molar-refractivity contribution in [2.75, 3.05) is 0 Å². The Kier molecular flexibility index (Phi) is 11.8. The number of aryl methyl sites for hydroxylation is 5. The summed E-state index contributed by atoms with van der Waals surface area (Å²) < 4.78 is 48.5. The van der Waals surface area contributed by atoms with Crippen molar-refractivity contribution in [1.82, 2.24) is 9.13 Å². The van der Waals surface area contributed by atoms with Gasteiger partial charge in [-0.1, -0.05) is 168 Å². The zero-order valence-corrected chi connectivity index (χ0v) is 44.3. The first-order chi connectivity index (χ1) is 38.2. The van der Waals surface area contributed by atoms with E-state index in [1.165, 1.54) is 23.3 Å². The van der Waals surface area contributed by atoms with Crippen LogP contribution in [0.3, 0.4) is 0 Å². The van der Waals surface area contributed by atoms with E-state index >= 15 is 0 Å². The molecule has 0 spiro atoms. The van der Waals surface area contributed by atoms with E-state index in [9.17, 15) is 13.2 Å². The van der Waals surface area contributed by atoms with Crippen LogP contribution >= 0.6 is 0 Å². The van der Waals surface area contributed by atoms with E-state index < -0.39 is 11.7 Å². The van der Waals surface area contributed by atoms with Gasteiger partial charge in [-0.05, 0) is 180 Å². The standard InChI is InChI=1S/C73H52F3N3/c1-44-11-7-15-49(31-44)53-20-26-67-62(38-53)63-39-54(50-16-8-12-45(2)32-50)21-27-68(63)78(67)71-30-24-60(77-6)43-66(71)61-25-19-57(58-35-48(5)36-59(37-58)73(74,75)76)42-72(61)79-69-28-22-55(51-17-9-13-46(3)33-51)40-64(69)65-41-56(23-29-70(65)79)52-18-10-14-47(4)34-52/h7-43H,1-5H3. The molecule has 79 heavy (non-hydrogen) atoms. The number of hydrogen-bond donors (Lipinski definition) is 0. The normalized spacial score (nSPS) is 11.8. The first kappa shape index (κ1) is 48.9. The van der Waals surface area contributed by atoms with Gasteiger partial charge in [-0.25, -0.2) is 4.85 Å². The maximum Gasteiger partial charge on any atom is 0.416 e.